The Morgan fingerprint density at radius 2 is 2.53 bits per heavy atom. The van der Waals surface area contributed by atoms with E-state index in [-0.39, 0.29) is 6.61 Å². The van der Waals surface area contributed by atoms with Crippen LogP contribution in [0.25, 0.3) is 0 Å². The first-order valence-electron chi connectivity index (χ1n) is 4.70. The molecule has 1 aromatic heterocycles. The lowest BCUT2D eigenvalue weighted by molar-refractivity contribution is -0.140. The SMILES string of the molecule is COCC(NCCc1ccsc1)C(=O)O. The predicted molar refractivity (Wildman–Crippen MR) is 59.3 cm³/mol. The third-order valence-electron chi connectivity index (χ3n) is 2.02. The second kappa shape index (κ2) is 6.55. The van der Waals surface area contributed by atoms with Crippen molar-refractivity contribution in [2.45, 2.75) is 12.5 Å². The van der Waals surface area contributed by atoms with Gasteiger partial charge in [0.2, 0.25) is 0 Å². The van der Waals surface area contributed by atoms with E-state index in [4.69, 9.17) is 9.84 Å². The van der Waals surface area contributed by atoms with Crippen LogP contribution in [0.1, 0.15) is 5.56 Å². The summed E-state index contributed by atoms with van der Waals surface area (Å²) in [5.41, 5.74) is 1.23. The molecule has 0 saturated carbocycles. The molecule has 5 heteroatoms. The van der Waals surface area contributed by atoms with Crippen molar-refractivity contribution < 1.29 is 14.6 Å². The molecule has 0 saturated heterocycles. The van der Waals surface area contributed by atoms with Crippen molar-refractivity contribution in [2.24, 2.45) is 0 Å². The van der Waals surface area contributed by atoms with Crippen molar-refractivity contribution >= 4 is 17.3 Å². The third-order valence-corrected chi connectivity index (χ3v) is 2.75. The Labute approximate surface area is 92.9 Å². The van der Waals surface area contributed by atoms with Gasteiger partial charge >= 0.3 is 5.97 Å². The van der Waals surface area contributed by atoms with Crippen LogP contribution in [0.2, 0.25) is 0 Å². The summed E-state index contributed by atoms with van der Waals surface area (Å²) in [6.45, 7) is 0.843. The number of thiophene rings is 1. The topological polar surface area (TPSA) is 58.6 Å². The standard InChI is InChI=1S/C10H15NO3S/c1-14-6-9(10(12)13)11-4-2-8-3-5-15-7-8/h3,5,7,9,11H,2,4,6H2,1H3,(H,12,13). The monoisotopic (exact) mass is 229 g/mol. The first-order valence-corrected chi connectivity index (χ1v) is 5.64. The Morgan fingerprint density at radius 1 is 1.73 bits per heavy atom. The zero-order valence-corrected chi connectivity index (χ0v) is 9.42. The maximum atomic E-state index is 10.7. The van der Waals surface area contributed by atoms with Gasteiger partial charge in [-0.1, -0.05) is 0 Å². The average molecular weight is 229 g/mol. The first kappa shape index (κ1) is 12.2. The average Bonchev–Trinajstić information content (AvgIpc) is 2.69. The first-order chi connectivity index (χ1) is 7.24. The predicted octanol–water partition coefficient (Wildman–Crippen LogP) is 0.980. The van der Waals surface area contributed by atoms with Gasteiger partial charge in [-0.15, -0.1) is 0 Å². The van der Waals surface area contributed by atoms with Gasteiger partial charge < -0.3 is 15.2 Å². The molecule has 0 bridgehead atoms. The van der Waals surface area contributed by atoms with Gasteiger partial charge in [0.05, 0.1) is 6.61 Å². The molecule has 1 aromatic rings. The summed E-state index contributed by atoms with van der Waals surface area (Å²) in [5, 5.41) is 15.8. The van der Waals surface area contributed by atoms with Crippen molar-refractivity contribution in [2.75, 3.05) is 20.3 Å². The van der Waals surface area contributed by atoms with Crippen LogP contribution in [0.15, 0.2) is 16.8 Å². The van der Waals surface area contributed by atoms with Crippen molar-refractivity contribution in [1.29, 1.82) is 0 Å². The molecule has 4 nitrogen and oxygen atoms in total. The Kier molecular flexibility index (Phi) is 5.31. The zero-order valence-electron chi connectivity index (χ0n) is 8.60. The molecule has 1 atom stereocenters. The molecule has 0 spiro atoms. The minimum atomic E-state index is -0.873. The lowest BCUT2D eigenvalue weighted by Gasteiger charge is -2.12. The molecular weight excluding hydrogens is 214 g/mol. The van der Waals surface area contributed by atoms with Gasteiger partial charge in [-0.2, -0.15) is 11.3 Å². The molecule has 0 fully saturated rings. The lowest BCUT2D eigenvalue weighted by atomic mass is 10.2. The highest BCUT2D eigenvalue weighted by molar-refractivity contribution is 7.07. The number of rotatable bonds is 7. The fraction of sp³-hybridized carbons (Fsp3) is 0.500. The van der Waals surface area contributed by atoms with Crippen LogP contribution in [0.3, 0.4) is 0 Å². The molecule has 1 heterocycles. The van der Waals surface area contributed by atoms with E-state index in [9.17, 15) is 4.79 Å². The number of ether oxygens (including phenoxy) is 1. The second-order valence-corrected chi connectivity index (χ2v) is 3.96. The van der Waals surface area contributed by atoms with Gasteiger partial charge in [-0.25, -0.2) is 0 Å². The molecule has 2 N–H and O–H groups in total. The van der Waals surface area contributed by atoms with E-state index in [1.54, 1.807) is 11.3 Å². The summed E-state index contributed by atoms with van der Waals surface area (Å²) in [6.07, 6.45) is 0.844. The molecule has 0 aliphatic rings. The van der Waals surface area contributed by atoms with Crippen molar-refractivity contribution in [3.63, 3.8) is 0 Å². The molecule has 0 amide bonds. The number of nitrogens with one attached hydrogen (secondary N) is 1. The molecule has 0 radical (unpaired) electrons. The highest BCUT2D eigenvalue weighted by atomic mass is 32.1. The van der Waals surface area contributed by atoms with E-state index in [0.29, 0.717) is 6.54 Å². The Hall–Kier alpha value is -0.910. The van der Waals surface area contributed by atoms with Crippen molar-refractivity contribution in [3.8, 4) is 0 Å². The molecule has 84 valence electrons. The van der Waals surface area contributed by atoms with Crippen LogP contribution in [0, 0.1) is 0 Å². The third kappa shape index (κ3) is 4.42. The summed E-state index contributed by atoms with van der Waals surface area (Å²) >= 11 is 1.65. The van der Waals surface area contributed by atoms with Gasteiger partial charge in [0, 0.05) is 13.7 Å². The van der Waals surface area contributed by atoms with Crippen LogP contribution in [0.4, 0.5) is 0 Å². The number of hydrogen-bond donors (Lipinski definition) is 2. The Morgan fingerprint density at radius 3 is 3.07 bits per heavy atom. The Balaban J connectivity index is 2.25. The van der Waals surface area contributed by atoms with Crippen LogP contribution < -0.4 is 5.32 Å². The van der Waals surface area contributed by atoms with E-state index in [0.717, 1.165) is 6.42 Å². The quantitative estimate of drug-likeness (QED) is 0.731. The Bertz CT molecular complexity index is 287. The maximum absolute atomic E-state index is 10.7. The molecular formula is C10H15NO3S. The molecule has 1 unspecified atom stereocenters. The number of carboxylic acid groups (broad SMARTS) is 1. The summed E-state index contributed by atoms with van der Waals surface area (Å²) < 4.78 is 4.81. The van der Waals surface area contributed by atoms with Crippen LogP contribution in [0.5, 0.6) is 0 Å². The van der Waals surface area contributed by atoms with Gasteiger partial charge in [-0.3, -0.25) is 4.79 Å². The van der Waals surface area contributed by atoms with E-state index in [2.05, 4.69) is 10.7 Å². The molecule has 0 aliphatic heterocycles. The second-order valence-electron chi connectivity index (χ2n) is 3.18. The normalized spacial score (nSPS) is 12.6. The number of aliphatic carboxylic acids is 1. The lowest BCUT2D eigenvalue weighted by Crippen LogP contribution is -2.41. The van der Waals surface area contributed by atoms with Gasteiger partial charge in [-0.05, 0) is 28.8 Å². The maximum Gasteiger partial charge on any atom is 0.323 e. The number of methoxy groups -OCH3 is 1. The van der Waals surface area contributed by atoms with E-state index in [1.807, 2.05) is 11.4 Å². The van der Waals surface area contributed by atoms with Crippen molar-refractivity contribution in [3.05, 3.63) is 22.4 Å². The smallest absolute Gasteiger partial charge is 0.323 e. The van der Waals surface area contributed by atoms with E-state index in [1.165, 1.54) is 12.7 Å². The highest BCUT2D eigenvalue weighted by Gasteiger charge is 2.15. The molecule has 0 aliphatic carbocycles. The van der Waals surface area contributed by atoms with E-state index >= 15 is 0 Å². The van der Waals surface area contributed by atoms with Gasteiger partial charge in [0.15, 0.2) is 0 Å². The molecule has 15 heavy (non-hydrogen) atoms. The number of carboxylic acids is 1. The summed E-state index contributed by atoms with van der Waals surface area (Å²) in [6, 6.07) is 1.42. The fourth-order valence-corrected chi connectivity index (χ4v) is 1.91. The zero-order chi connectivity index (χ0) is 11.1. The van der Waals surface area contributed by atoms with Crippen LogP contribution in [-0.4, -0.2) is 37.4 Å². The molecule has 1 rings (SSSR count). The van der Waals surface area contributed by atoms with Crippen molar-refractivity contribution in [1.82, 2.24) is 5.32 Å². The van der Waals surface area contributed by atoms with E-state index < -0.39 is 12.0 Å². The largest absolute Gasteiger partial charge is 0.480 e. The fourth-order valence-electron chi connectivity index (χ4n) is 1.21. The van der Waals surface area contributed by atoms with Gasteiger partial charge in [0.25, 0.3) is 0 Å². The molecule has 0 aromatic carbocycles. The summed E-state index contributed by atoms with van der Waals surface area (Å²) in [7, 11) is 1.50. The minimum Gasteiger partial charge on any atom is -0.480 e. The summed E-state index contributed by atoms with van der Waals surface area (Å²) in [4.78, 5) is 10.7. The van der Waals surface area contributed by atoms with Crippen LogP contribution >= 0.6 is 11.3 Å². The number of hydrogen-bond acceptors (Lipinski definition) is 4. The van der Waals surface area contributed by atoms with Gasteiger partial charge in [0.1, 0.15) is 6.04 Å². The highest BCUT2D eigenvalue weighted by Crippen LogP contribution is 2.05. The minimum absolute atomic E-state index is 0.193. The van der Waals surface area contributed by atoms with Crippen LogP contribution in [-0.2, 0) is 16.0 Å². The summed E-state index contributed by atoms with van der Waals surface area (Å²) in [5.74, 6) is -0.873. The number of carbonyl (C=O) groups is 1.